The third-order valence-electron chi connectivity index (χ3n) is 6.45. The zero-order valence-electron chi connectivity index (χ0n) is 19.6. The van der Waals surface area contributed by atoms with Crippen LogP contribution >= 0.6 is 0 Å². The van der Waals surface area contributed by atoms with Gasteiger partial charge in [0.2, 0.25) is 0 Å². The van der Waals surface area contributed by atoms with Crippen molar-refractivity contribution in [2.24, 2.45) is 4.99 Å². The Kier molecular flexibility index (Phi) is 5.51. The Labute approximate surface area is 204 Å². The largest absolute Gasteiger partial charge is 0.254 e. The zero-order chi connectivity index (χ0) is 23.6. The van der Waals surface area contributed by atoms with Gasteiger partial charge in [0.15, 0.2) is 0 Å². The van der Waals surface area contributed by atoms with Crippen LogP contribution in [-0.4, -0.2) is 15.7 Å². The number of para-hydroxylation sites is 1. The molecule has 3 heteroatoms. The SMILES string of the molecule is CCCC(=Nc1ccccc1-c1cccc2ccccc12)c1ccc2ccc3cccnc3c2n1. The number of aromatic nitrogens is 2. The smallest absolute Gasteiger partial charge is 0.0972 e. The Balaban J connectivity index is 1.53. The van der Waals surface area contributed by atoms with Gasteiger partial charge in [-0.15, -0.1) is 0 Å². The van der Waals surface area contributed by atoms with Gasteiger partial charge >= 0.3 is 0 Å². The van der Waals surface area contributed by atoms with Crippen LogP contribution in [0.2, 0.25) is 0 Å². The molecule has 0 N–H and O–H groups in total. The highest BCUT2D eigenvalue weighted by atomic mass is 14.8. The predicted octanol–water partition coefficient (Wildman–Crippen LogP) is 8.52. The van der Waals surface area contributed by atoms with Crippen molar-refractivity contribution < 1.29 is 0 Å². The molecular formula is C32H25N3. The van der Waals surface area contributed by atoms with E-state index in [0.29, 0.717) is 0 Å². The van der Waals surface area contributed by atoms with Crippen LogP contribution in [0.15, 0.2) is 114 Å². The first-order valence-corrected chi connectivity index (χ1v) is 12.1. The molecule has 6 aromatic rings. The fraction of sp³-hybridized carbons (Fsp3) is 0.0938. The molecule has 0 aliphatic heterocycles. The van der Waals surface area contributed by atoms with Gasteiger partial charge in [-0.3, -0.25) is 9.98 Å². The average molecular weight is 452 g/mol. The zero-order valence-corrected chi connectivity index (χ0v) is 19.6. The van der Waals surface area contributed by atoms with E-state index in [2.05, 4.69) is 109 Å². The third-order valence-corrected chi connectivity index (χ3v) is 6.45. The van der Waals surface area contributed by atoms with E-state index >= 15 is 0 Å². The molecule has 0 aliphatic carbocycles. The first-order chi connectivity index (χ1) is 17.3. The number of rotatable bonds is 5. The van der Waals surface area contributed by atoms with Gasteiger partial charge in [0.05, 0.1) is 28.1 Å². The molecule has 2 aromatic heterocycles. The molecule has 2 heterocycles. The maximum Gasteiger partial charge on any atom is 0.0972 e. The summed E-state index contributed by atoms with van der Waals surface area (Å²) in [6, 6.07) is 35.9. The van der Waals surface area contributed by atoms with E-state index in [4.69, 9.17) is 9.98 Å². The summed E-state index contributed by atoms with van der Waals surface area (Å²) in [5.74, 6) is 0. The molecule has 0 spiro atoms. The molecule has 0 saturated heterocycles. The van der Waals surface area contributed by atoms with Crippen LogP contribution in [0.5, 0.6) is 0 Å². The van der Waals surface area contributed by atoms with Crippen molar-refractivity contribution in [1.29, 1.82) is 0 Å². The number of pyridine rings is 2. The second-order valence-corrected chi connectivity index (χ2v) is 8.76. The quantitative estimate of drug-likeness (QED) is 0.195. The molecule has 3 nitrogen and oxygen atoms in total. The molecule has 35 heavy (non-hydrogen) atoms. The van der Waals surface area contributed by atoms with E-state index in [1.165, 1.54) is 16.3 Å². The van der Waals surface area contributed by atoms with E-state index < -0.39 is 0 Å². The van der Waals surface area contributed by atoms with Crippen molar-refractivity contribution in [3.63, 3.8) is 0 Å². The van der Waals surface area contributed by atoms with Crippen LogP contribution < -0.4 is 0 Å². The number of aliphatic imine (C=N–C) groups is 1. The fourth-order valence-corrected chi connectivity index (χ4v) is 4.77. The number of hydrogen-bond donors (Lipinski definition) is 0. The lowest BCUT2D eigenvalue weighted by Crippen LogP contribution is -2.04. The molecule has 6 rings (SSSR count). The lowest BCUT2D eigenvalue weighted by atomic mass is 9.97. The minimum atomic E-state index is 0.848. The summed E-state index contributed by atoms with van der Waals surface area (Å²) >= 11 is 0. The number of benzene rings is 4. The second kappa shape index (κ2) is 9.11. The standard InChI is InChI=1S/C32H25N3/c1-2-9-29(30-20-19-24-18-17-23-12-8-21-33-31(23)32(24)35-30)34-28-16-6-5-14-27(28)26-15-7-11-22-10-3-4-13-25(22)26/h3-8,10-21H,2,9H2,1H3. The van der Waals surface area contributed by atoms with Crippen molar-refractivity contribution in [1.82, 2.24) is 9.97 Å². The van der Waals surface area contributed by atoms with Crippen molar-refractivity contribution in [3.8, 4) is 11.1 Å². The lowest BCUT2D eigenvalue weighted by molar-refractivity contribution is 0.988. The summed E-state index contributed by atoms with van der Waals surface area (Å²) < 4.78 is 0. The fourth-order valence-electron chi connectivity index (χ4n) is 4.77. The summed E-state index contributed by atoms with van der Waals surface area (Å²) in [7, 11) is 0. The van der Waals surface area contributed by atoms with E-state index in [-0.39, 0.29) is 0 Å². The normalized spacial score (nSPS) is 12.0. The Morgan fingerprint density at radius 2 is 1.37 bits per heavy atom. The summed E-state index contributed by atoms with van der Waals surface area (Å²) in [5, 5.41) is 4.65. The molecule has 0 bridgehead atoms. The van der Waals surface area contributed by atoms with Crippen LogP contribution in [0.1, 0.15) is 25.5 Å². The van der Waals surface area contributed by atoms with Crippen LogP contribution in [0, 0.1) is 0 Å². The molecule has 0 unspecified atom stereocenters. The van der Waals surface area contributed by atoms with E-state index in [9.17, 15) is 0 Å². The van der Waals surface area contributed by atoms with Gasteiger partial charge in [0.1, 0.15) is 0 Å². The highest BCUT2D eigenvalue weighted by molar-refractivity contribution is 6.07. The van der Waals surface area contributed by atoms with Gasteiger partial charge in [0.25, 0.3) is 0 Å². The van der Waals surface area contributed by atoms with Crippen molar-refractivity contribution in [2.45, 2.75) is 19.8 Å². The number of fused-ring (bicyclic) bond motifs is 4. The third kappa shape index (κ3) is 3.95. The van der Waals surface area contributed by atoms with Crippen molar-refractivity contribution in [3.05, 3.63) is 115 Å². The van der Waals surface area contributed by atoms with Gasteiger partial charge in [-0.2, -0.15) is 0 Å². The van der Waals surface area contributed by atoms with Gasteiger partial charge in [-0.1, -0.05) is 98.3 Å². The number of hydrogen-bond acceptors (Lipinski definition) is 3. The highest BCUT2D eigenvalue weighted by Gasteiger charge is 2.12. The van der Waals surface area contributed by atoms with E-state index in [0.717, 1.165) is 57.3 Å². The molecule has 0 fully saturated rings. The van der Waals surface area contributed by atoms with Gasteiger partial charge < -0.3 is 0 Å². The average Bonchev–Trinajstić information content (AvgIpc) is 2.92. The summed E-state index contributed by atoms with van der Waals surface area (Å²) in [4.78, 5) is 14.9. The Morgan fingerprint density at radius 3 is 2.29 bits per heavy atom. The minimum absolute atomic E-state index is 0.848. The summed E-state index contributed by atoms with van der Waals surface area (Å²) in [6.45, 7) is 2.18. The maximum atomic E-state index is 5.22. The Morgan fingerprint density at radius 1 is 0.657 bits per heavy atom. The highest BCUT2D eigenvalue weighted by Crippen LogP contribution is 2.35. The molecular weight excluding hydrogens is 426 g/mol. The molecule has 0 atom stereocenters. The molecule has 0 radical (unpaired) electrons. The topological polar surface area (TPSA) is 38.1 Å². The Hall–Kier alpha value is -4.37. The molecule has 0 amide bonds. The first-order valence-electron chi connectivity index (χ1n) is 12.1. The van der Waals surface area contributed by atoms with Crippen LogP contribution in [0.4, 0.5) is 5.69 Å². The summed E-state index contributed by atoms with van der Waals surface area (Å²) in [6.07, 6.45) is 3.67. The van der Waals surface area contributed by atoms with Crippen molar-refractivity contribution >= 4 is 44.0 Å². The van der Waals surface area contributed by atoms with Crippen LogP contribution in [-0.2, 0) is 0 Å². The minimum Gasteiger partial charge on any atom is -0.254 e. The van der Waals surface area contributed by atoms with Gasteiger partial charge in [-0.25, -0.2) is 4.98 Å². The molecule has 168 valence electrons. The molecule has 0 saturated carbocycles. The second-order valence-electron chi connectivity index (χ2n) is 8.76. The van der Waals surface area contributed by atoms with Gasteiger partial charge in [0, 0.05) is 22.5 Å². The van der Waals surface area contributed by atoms with E-state index in [1.807, 2.05) is 12.3 Å². The monoisotopic (exact) mass is 451 g/mol. The first kappa shape index (κ1) is 21.2. The van der Waals surface area contributed by atoms with Crippen LogP contribution in [0.25, 0.3) is 43.7 Å². The van der Waals surface area contributed by atoms with Gasteiger partial charge in [-0.05, 0) is 41.0 Å². The van der Waals surface area contributed by atoms with Crippen molar-refractivity contribution in [2.75, 3.05) is 0 Å². The molecule has 4 aromatic carbocycles. The molecule has 0 aliphatic rings. The lowest BCUT2D eigenvalue weighted by Gasteiger charge is -2.12. The summed E-state index contributed by atoms with van der Waals surface area (Å²) in [5.41, 5.74) is 7.04. The van der Waals surface area contributed by atoms with Crippen LogP contribution in [0.3, 0.4) is 0 Å². The van der Waals surface area contributed by atoms with E-state index in [1.54, 1.807) is 0 Å². The maximum absolute atomic E-state index is 5.22. The Bertz CT molecular complexity index is 1710. The predicted molar refractivity (Wildman–Crippen MR) is 148 cm³/mol. The number of nitrogens with zero attached hydrogens (tertiary/aromatic N) is 3.